The Labute approximate surface area is 200 Å². The quantitative estimate of drug-likeness (QED) is 0.442. The summed E-state index contributed by atoms with van der Waals surface area (Å²) in [7, 11) is 1.49. The van der Waals surface area contributed by atoms with Crippen molar-refractivity contribution in [2.45, 2.75) is 6.92 Å². The molecule has 0 saturated carbocycles. The summed E-state index contributed by atoms with van der Waals surface area (Å²) in [6.45, 7) is 7.44. The van der Waals surface area contributed by atoms with E-state index in [1.165, 1.54) is 19.5 Å². The summed E-state index contributed by atoms with van der Waals surface area (Å²) in [4.78, 5) is 31.8. The molecule has 174 valence electrons. The minimum atomic E-state index is -0.566. The van der Waals surface area contributed by atoms with Crippen LogP contribution in [0, 0.1) is 12.7 Å². The van der Waals surface area contributed by atoms with Gasteiger partial charge >= 0.3 is 0 Å². The maximum Gasteiger partial charge on any atom is 0.246 e. The summed E-state index contributed by atoms with van der Waals surface area (Å²) in [6.07, 6.45) is 4.20. The molecule has 0 atom stereocenters. The number of fused-ring (bicyclic) bond motifs is 2. The maximum atomic E-state index is 16.2. The second-order valence-corrected chi connectivity index (χ2v) is 8.41. The average Bonchev–Trinajstić information content (AvgIpc) is 3.34. The van der Waals surface area contributed by atoms with E-state index < -0.39 is 5.82 Å². The fourth-order valence-electron chi connectivity index (χ4n) is 4.53. The van der Waals surface area contributed by atoms with Crippen LogP contribution in [0.4, 0.5) is 10.2 Å². The van der Waals surface area contributed by atoms with E-state index in [1.807, 2.05) is 24.0 Å². The number of carbonyl (C=O) groups excluding carboxylic acids is 1. The molecule has 5 rings (SSSR count). The highest BCUT2D eigenvalue weighted by molar-refractivity contribution is 6.37. The number of ether oxygens (including phenoxy) is 1. The first-order chi connectivity index (χ1) is 16.5. The Bertz CT molecular complexity index is 1440. The number of methoxy groups -OCH3 is 1. The van der Waals surface area contributed by atoms with Crippen LogP contribution in [0.1, 0.15) is 5.56 Å². The lowest BCUT2D eigenvalue weighted by molar-refractivity contribution is -0.126. The molecule has 0 spiro atoms. The summed E-state index contributed by atoms with van der Waals surface area (Å²) in [6, 6.07) is 3.78. The number of aryl methyl sites for hydroxylation is 1. The molecule has 0 bridgehead atoms. The Kier molecular flexibility index (Phi) is 5.57. The third kappa shape index (κ3) is 3.35. The molecule has 3 heterocycles. The van der Waals surface area contributed by atoms with Gasteiger partial charge in [0.1, 0.15) is 17.7 Å². The molecule has 34 heavy (non-hydrogen) atoms. The number of halogens is 2. The number of anilines is 1. The number of benzene rings is 2. The SMILES string of the molecule is C=CC(=O)N1CCN(c2ncnc3c(F)c(-c4c(C)ccc5[nH]cnc45)c(Cl)c(OC)c23)CC1. The van der Waals surface area contributed by atoms with Crippen LogP contribution in [0.2, 0.25) is 5.02 Å². The number of hydrogen-bond donors (Lipinski definition) is 1. The monoisotopic (exact) mass is 480 g/mol. The van der Waals surface area contributed by atoms with Gasteiger partial charge in [-0.1, -0.05) is 24.2 Å². The largest absolute Gasteiger partial charge is 0.494 e. The van der Waals surface area contributed by atoms with Crippen LogP contribution >= 0.6 is 11.6 Å². The molecule has 10 heteroatoms. The number of hydrogen-bond acceptors (Lipinski definition) is 6. The highest BCUT2D eigenvalue weighted by atomic mass is 35.5. The molecule has 0 radical (unpaired) electrons. The number of amides is 1. The zero-order valence-electron chi connectivity index (χ0n) is 18.7. The van der Waals surface area contributed by atoms with Crippen molar-refractivity contribution in [2.75, 3.05) is 38.2 Å². The molecule has 2 aromatic carbocycles. The van der Waals surface area contributed by atoms with Gasteiger partial charge < -0.3 is 19.5 Å². The molecule has 1 aliphatic heterocycles. The first-order valence-corrected chi connectivity index (χ1v) is 11.1. The van der Waals surface area contributed by atoms with Crippen molar-refractivity contribution in [1.82, 2.24) is 24.8 Å². The van der Waals surface area contributed by atoms with E-state index in [0.29, 0.717) is 54.2 Å². The van der Waals surface area contributed by atoms with Crippen molar-refractivity contribution in [3.05, 3.63) is 53.8 Å². The van der Waals surface area contributed by atoms with Gasteiger partial charge in [-0.3, -0.25) is 4.79 Å². The van der Waals surface area contributed by atoms with Crippen LogP contribution in [-0.2, 0) is 4.79 Å². The van der Waals surface area contributed by atoms with Gasteiger partial charge in [0.15, 0.2) is 11.6 Å². The summed E-state index contributed by atoms with van der Waals surface area (Å²) in [5.41, 5.74) is 3.08. The lowest BCUT2D eigenvalue weighted by atomic mass is 9.96. The summed E-state index contributed by atoms with van der Waals surface area (Å²) in [5.74, 6) is 0.116. The zero-order valence-corrected chi connectivity index (χ0v) is 19.5. The van der Waals surface area contributed by atoms with Gasteiger partial charge in [-0.05, 0) is 24.6 Å². The Morgan fingerprint density at radius 2 is 1.94 bits per heavy atom. The third-order valence-electron chi connectivity index (χ3n) is 6.22. The standard InChI is InChI=1S/C24H22ClFN6O2/c1-4-15(33)31-7-9-32(10-8-31)24-18-22(29-12-30-24)20(26)17(19(25)23(18)34-3)16-13(2)5-6-14-21(16)28-11-27-14/h4-6,11-12H,1,7-10H2,2-3H3,(H,27,28). The molecule has 2 aromatic heterocycles. The van der Waals surface area contributed by atoms with E-state index in [4.69, 9.17) is 16.3 Å². The van der Waals surface area contributed by atoms with E-state index in [2.05, 4.69) is 26.5 Å². The van der Waals surface area contributed by atoms with Crippen molar-refractivity contribution in [3.63, 3.8) is 0 Å². The van der Waals surface area contributed by atoms with E-state index in [-0.39, 0.29) is 22.0 Å². The van der Waals surface area contributed by atoms with Crippen molar-refractivity contribution < 1.29 is 13.9 Å². The number of carbonyl (C=O) groups is 1. The number of aromatic nitrogens is 4. The van der Waals surface area contributed by atoms with E-state index >= 15 is 4.39 Å². The number of aromatic amines is 1. The van der Waals surface area contributed by atoms with Crippen LogP contribution in [-0.4, -0.2) is 64.0 Å². The Hall–Kier alpha value is -3.72. The van der Waals surface area contributed by atoms with Gasteiger partial charge in [-0.2, -0.15) is 0 Å². The van der Waals surface area contributed by atoms with Gasteiger partial charge in [0.25, 0.3) is 0 Å². The van der Waals surface area contributed by atoms with Crippen molar-refractivity contribution in [3.8, 4) is 16.9 Å². The molecule has 1 N–H and O–H groups in total. The molecular weight excluding hydrogens is 459 g/mol. The molecule has 8 nitrogen and oxygen atoms in total. The normalized spacial score (nSPS) is 14.1. The number of piperazine rings is 1. The molecule has 1 saturated heterocycles. The molecule has 0 aliphatic carbocycles. The van der Waals surface area contributed by atoms with Crippen molar-refractivity contribution in [2.24, 2.45) is 0 Å². The van der Waals surface area contributed by atoms with Crippen LogP contribution < -0.4 is 9.64 Å². The first-order valence-electron chi connectivity index (χ1n) is 10.7. The van der Waals surface area contributed by atoms with Gasteiger partial charge in [-0.25, -0.2) is 19.3 Å². The third-order valence-corrected chi connectivity index (χ3v) is 6.58. The summed E-state index contributed by atoms with van der Waals surface area (Å²) >= 11 is 6.82. The first kappa shape index (κ1) is 22.1. The molecule has 0 unspecified atom stereocenters. The van der Waals surface area contributed by atoms with Crippen LogP contribution in [0.3, 0.4) is 0 Å². The number of H-pyrrole nitrogens is 1. The predicted octanol–water partition coefficient (Wildman–Crippen LogP) is 4.12. The summed E-state index contributed by atoms with van der Waals surface area (Å²) < 4.78 is 21.9. The fraction of sp³-hybridized carbons (Fsp3) is 0.250. The van der Waals surface area contributed by atoms with Crippen LogP contribution in [0.25, 0.3) is 33.1 Å². The summed E-state index contributed by atoms with van der Waals surface area (Å²) in [5, 5.41) is 0.522. The number of imidazole rings is 1. The minimum Gasteiger partial charge on any atom is -0.494 e. The van der Waals surface area contributed by atoms with E-state index in [9.17, 15) is 4.79 Å². The highest BCUT2D eigenvalue weighted by Crippen LogP contribution is 2.47. The van der Waals surface area contributed by atoms with E-state index in [0.717, 1.165) is 11.1 Å². The highest BCUT2D eigenvalue weighted by Gasteiger charge is 2.29. The molecule has 1 aliphatic rings. The number of nitrogens with zero attached hydrogens (tertiary/aromatic N) is 5. The average molecular weight is 481 g/mol. The Balaban J connectivity index is 1.70. The van der Waals surface area contributed by atoms with E-state index in [1.54, 1.807) is 11.2 Å². The predicted molar refractivity (Wildman–Crippen MR) is 130 cm³/mol. The van der Waals surface area contributed by atoms with Gasteiger partial charge in [-0.15, -0.1) is 0 Å². The zero-order chi connectivity index (χ0) is 24.0. The lowest BCUT2D eigenvalue weighted by Gasteiger charge is -2.35. The van der Waals surface area contributed by atoms with Crippen molar-refractivity contribution in [1.29, 1.82) is 0 Å². The van der Waals surface area contributed by atoms with Gasteiger partial charge in [0.2, 0.25) is 5.91 Å². The van der Waals surface area contributed by atoms with Gasteiger partial charge in [0, 0.05) is 37.3 Å². The molecular formula is C24H22ClFN6O2. The second-order valence-electron chi connectivity index (χ2n) is 8.03. The fourth-order valence-corrected chi connectivity index (χ4v) is 4.88. The molecule has 4 aromatic rings. The smallest absolute Gasteiger partial charge is 0.246 e. The maximum absolute atomic E-state index is 16.2. The number of rotatable bonds is 4. The Morgan fingerprint density at radius 3 is 2.65 bits per heavy atom. The lowest BCUT2D eigenvalue weighted by Crippen LogP contribution is -2.48. The van der Waals surface area contributed by atoms with Crippen LogP contribution in [0.5, 0.6) is 5.75 Å². The minimum absolute atomic E-state index is 0.109. The number of nitrogens with one attached hydrogen (secondary N) is 1. The second kappa shape index (κ2) is 8.57. The van der Waals surface area contributed by atoms with Crippen LogP contribution in [0.15, 0.2) is 37.4 Å². The topological polar surface area (TPSA) is 87.2 Å². The molecule has 1 amide bonds. The Morgan fingerprint density at radius 1 is 1.18 bits per heavy atom. The van der Waals surface area contributed by atoms with Gasteiger partial charge in [0.05, 0.1) is 34.9 Å². The molecule has 1 fully saturated rings. The van der Waals surface area contributed by atoms with Crippen molar-refractivity contribution >= 4 is 45.3 Å².